The number of carbonyl (C=O) groups is 2. The molecule has 0 spiro atoms. The summed E-state index contributed by atoms with van der Waals surface area (Å²) >= 11 is 0. The van der Waals surface area contributed by atoms with Crippen LogP contribution in [0, 0.1) is 0 Å². The van der Waals surface area contributed by atoms with Crippen LogP contribution >= 0.6 is 0 Å². The van der Waals surface area contributed by atoms with Crippen LogP contribution < -0.4 is 10.1 Å². The van der Waals surface area contributed by atoms with Crippen LogP contribution in [0.25, 0.3) is 6.08 Å². The fraction of sp³-hybridized carbons (Fsp3) is 0.286. The lowest BCUT2D eigenvalue weighted by Crippen LogP contribution is -2.39. The van der Waals surface area contributed by atoms with Gasteiger partial charge in [0.1, 0.15) is 5.75 Å². The molecular weight excluding hydrogens is 344 g/mol. The Kier molecular flexibility index (Phi) is 7.11. The number of benzene rings is 1. The van der Waals surface area contributed by atoms with E-state index in [1.165, 1.54) is 6.08 Å². The molecule has 1 aromatic carbocycles. The van der Waals surface area contributed by atoms with Gasteiger partial charge < -0.3 is 14.8 Å². The van der Waals surface area contributed by atoms with Crippen molar-refractivity contribution in [2.75, 3.05) is 6.61 Å². The maximum absolute atomic E-state index is 12.0. The number of ether oxygens (including phenoxy) is 2. The normalized spacial score (nSPS) is 11.2. The average Bonchev–Trinajstić information content (AvgIpc) is 2.66. The van der Waals surface area contributed by atoms with Crippen LogP contribution in [-0.2, 0) is 20.9 Å². The van der Waals surface area contributed by atoms with Crippen LogP contribution in [0.3, 0.4) is 0 Å². The quantitative estimate of drug-likeness (QED) is 0.572. The lowest BCUT2D eigenvalue weighted by atomic mass is 10.1. The SMILES string of the molecule is CCOC(=O)C(C)(C)Oc1ccccc1C=CC(=O)NCc1cccnc1. The van der Waals surface area contributed by atoms with Crippen LogP contribution in [0.2, 0.25) is 0 Å². The van der Waals surface area contributed by atoms with Crippen molar-refractivity contribution in [1.29, 1.82) is 0 Å². The average molecular weight is 368 g/mol. The van der Waals surface area contributed by atoms with E-state index in [0.717, 1.165) is 5.56 Å². The van der Waals surface area contributed by atoms with Crippen LogP contribution in [-0.4, -0.2) is 29.1 Å². The Labute approximate surface area is 159 Å². The van der Waals surface area contributed by atoms with Gasteiger partial charge in [-0.05, 0) is 44.5 Å². The molecule has 0 atom stereocenters. The van der Waals surface area contributed by atoms with Gasteiger partial charge in [-0.1, -0.05) is 24.3 Å². The summed E-state index contributed by atoms with van der Waals surface area (Å²) in [5, 5.41) is 2.79. The predicted octanol–water partition coefficient (Wildman–Crippen LogP) is 3.13. The zero-order chi connectivity index (χ0) is 19.7. The highest BCUT2D eigenvalue weighted by atomic mass is 16.6. The molecule has 0 saturated carbocycles. The Balaban J connectivity index is 2.03. The highest BCUT2D eigenvalue weighted by Crippen LogP contribution is 2.25. The van der Waals surface area contributed by atoms with Gasteiger partial charge >= 0.3 is 5.97 Å². The van der Waals surface area contributed by atoms with Crippen LogP contribution in [0.15, 0.2) is 54.9 Å². The molecule has 27 heavy (non-hydrogen) atoms. The third-order valence-electron chi connectivity index (χ3n) is 3.65. The van der Waals surface area contributed by atoms with Crippen molar-refractivity contribution in [3.8, 4) is 5.75 Å². The molecule has 1 N–H and O–H groups in total. The number of nitrogens with one attached hydrogen (secondary N) is 1. The van der Waals surface area contributed by atoms with Crippen molar-refractivity contribution in [2.24, 2.45) is 0 Å². The Hall–Kier alpha value is -3.15. The number of rotatable bonds is 8. The second-order valence-electron chi connectivity index (χ2n) is 6.28. The standard InChI is InChI=1S/C21H24N2O4/c1-4-26-20(25)21(2,3)27-18-10-6-5-9-17(18)11-12-19(24)23-15-16-8-7-13-22-14-16/h5-14H,4,15H2,1-3H3,(H,23,24). The number of hydrogen-bond acceptors (Lipinski definition) is 5. The van der Waals surface area contributed by atoms with Gasteiger partial charge in [-0.15, -0.1) is 0 Å². The van der Waals surface area contributed by atoms with Crippen LogP contribution in [0.1, 0.15) is 31.9 Å². The number of nitrogens with zero attached hydrogens (tertiary/aromatic N) is 1. The monoisotopic (exact) mass is 368 g/mol. The molecule has 0 unspecified atom stereocenters. The topological polar surface area (TPSA) is 77.5 Å². The minimum atomic E-state index is -1.14. The Morgan fingerprint density at radius 2 is 1.96 bits per heavy atom. The first-order valence-corrected chi connectivity index (χ1v) is 8.72. The molecule has 6 nitrogen and oxygen atoms in total. The largest absolute Gasteiger partial charge is 0.476 e. The Bertz CT molecular complexity index is 801. The molecule has 2 rings (SSSR count). The number of pyridine rings is 1. The number of carbonyl (C=O) groups excluding carboxylic acids is 2. The summed E-state index contributed by atoms with van der Waals surface area (Å²) in [6.07, 6.45) is 6.45. The number of esters is 1. The minimum Gasteiger partial charge on any atom is -0.476 e. The number of hydrogen-bond donors (Lipinski definition) is 1. The molecule has 0 aliphatic rings. The molecule has 0 radical (unpaired) electrons. The van der Waals surface area contributed by atoms with Crippen molar-refractivity contribution in [1.82, 2.24) is 10.3 Å². The van der Waals surface area contributed by atoms with Gasteiger partial charge in [0, 0.05) is 30.6 Å². The zero-order valence-electron chi connectivity index (χ0n) is 15.8. The molecule has 1 heterocycles. The van der Waals surface area contributed by atoms with E-state index in [2.05, 4.69) is 10.3 Å². The van der Waals surface area contributed by atoms with Gasteiger partial charge in [-0.2, -0.15) is 0 Å². The Morgan fingerprint density at radius 3 is 2.67 bits per heavy atom. The van der Waals surface area contributed by atoms with Gasteiger partial charge in [0.05, 0.1) is 6.61 Å². The van der Waals surface area contributed by atoms with E-state index in [4.69, 9.17) is 9.47 Å². The lowest BCUT2D eigenvalue weighted by Gasteiger charge is -2.25. The zero-order valence-corrected chi connectivity index (χ0v) is 15.8. The van der Waals surface area contributed by atoms with Crippen LogP contribution in [0.5, 0.6) is 5.75 Å². The van der Waals surface area contributed by atoms with E-state index >= 15 is 0 Å². The first kappa shape index (κ1) is 20.2. The van der Waals surface area contributed by atoms with Crippen molar-refractivity contribution < 1.29 is 19.1 Å². The van der Waals surface area contributed by atoms with Gasteiger partial charge in [0.2, 0.25) is 5.91 Å². The summed E-state index contributed by atoms with van der Waals surface area (Å²) in [4.78, 5) is 28.1. The van der Waals surface area contributed by atoms with E-state index in [9.17, 15) is 9.59 Å². The highest BCUT2D eigenvalue weighted by Gasteiger charge is 2.32. The summed E-state index contributed by atoms with van der Waals surface area (Å²) in [7, 11) is 0. The smallest absolute Gasteiger partial charge is 0.349 e. The van der Waals surface area contributed by atoms with E-state index < -0.39 is 11.6 Å². The second-order valence-corrected chi connectivity index (χ2v) is 6.28. The molecule has 1 aromatic heterocycles. The molecule has 0 aliphatic carbocycles. The first-order valence-electron chi connectivity index (χ1n) is 8.72. The second kappa shape index (κ2) is 9.52. The van der Waals surface area contributed by atoms with Gasteiger partial charge in [-0.25, -0.2) is 4.79 Å². The molecule has 0 aliphatic heterocycles. The number of aromatic nitrogens is 1. The van der Waals surface area contributed by atoms with E-state index in [1.54, 1.807) is 51.4 Å². The summed E-state index contributed by atoms with van der Waals surface area (Å²) < 4.78 is 10.9. The number of para-hydroxylation sites is 1. The van der Waals surface area contributed by atoms with Gasteiger partial charge in [-0.3, -0.25) is 9.78 Å². The molecule has 142 valence electrons. The maximum atomic E-state index is 12.0. The minimum absolute atomic E-state index is 0.238. The lowest BCUT2D eigenvalue weighted by molar-refractivity contribution is -0.158. The fourth-order valence-electron chi connectivity index (χ4n) is 2.25. The fourth-order valence-corrected chi connectivity index (χ4v) is 2.25. The summed E-state index contributed by atoms with van der Waals surface area (Å²) in [5.41, 5.74) is 0.466. The number of amides is 1. The summed E-state index contributed by atoms with van der Waals surface area (Å²) in [6, 6.07) is 10.9. The van der Waals surface area contributed by atoms with Crippen molar-refractivity contribution in [2.45, 2.75) is 32.9 Å². The molecule has 1 amide bonds. The van der Waals surface area contributed by atoms with Gasteiger partial charge in [0.25, 0.3) is 0 Å². The summed E-state index contributed by atoms with van der Waals surface area (Å²) in [6.45, 7) is 5.71. The maximum Gasteiger partial charge on any atom is 0.349 e. The first-order chi connectivity index (χ1) is 12.9. The van der Waals surface area contributed by atoms with E-state index in [-0.39, 0.29) is 12.5 Å². The van der Waals surface area contributed by atoms with Crippen molar-refractivity contribution in [3.63, 3.8) is 0 Å². The molecule has 0 fully saturated rings. The van der Waals surface area contributed by atoms with E-state index in [1.807, 2.05) is 24.3 Å². The molecule has 6 heteroatoms. The van der Waals surface area contributed by atoms with Crippen molar-refractivity contribution >= 4 is 18.0 Å². The molecular formula is C21H24N2O4. The van der Waals surface area contributed by atoms with Crippen LogP contribution in [0.4, 0.5) is 0 Å². The van der Waals surface area contributed by atoms with E-state index in [0.29, 0.717) is 17.9 Å². The highest BCUT2D eigenvalue weighted by molar-refractivity contribution is 5.92. The summed E-state index contributed by atoms with van der Waals surface area (Å²) in [5.74, 6) is -0.192. The third-order valence-corrected chi connectivity index (χ3v) is 3.65. The third kappa shape index (κ3) is 6.26. The Morgan fingerprint density at radius 1 is 1.19 bits per heavy atom. The molecule has 0 saturated heterocycles. The van der Waals surface area contributed by atoms with Crippen molar-refractivity contribution in [3.05, 3.63) is 66.0 Å². The molecule has 0 bridgehead atoms. The predicted molar refractivity (Wildman–Crippen MR) is 103 cm³/mol. The van der Waals surface area contributed by atoms with Gasteiger partial charge in [0.15, 0.2) is 5.60 Å². The molecule has 2 aromatic rings.